The van der Waals surface area contributed by atoms with Crippen molar-refractivity contribution in [2.24, 2.45) is 0 Å². The standard InChI is InChI=1S/C23H20Cl2O6/c1-3-28-22(26)7-5-4-6-14-29-23(27)16(2)30-18-9-11-19(12-10-18)31-21-13-8-17(24)15-20(21)25/h5,7-13,15-16H,3,14H2,1-2H3. The Morgan fingerprint density at radius 3 is 2.45 bits per heavy atom. The highest BCUT2D eigenvalue weighted by atomic mass is 35.5. The second kappa shape index (κ2) is 12.5. The predicted molar refractivity (Wildman–Crippen MR) is 118 cm³/mol. The number of carbonyl (C=O) groups is 2. The molecule has 0 bridgehead atoms. The van der Waals surface area contributed by atoms with E-state index in [1.54, 1.807) is 56.3 Å². The van der Waals surface area contributed by atoms with Gasteiger partial charge < -0.3 is 18.9 Å². The molecule has 8 heteroatoms. The first kappa shape index (κ1) is 24.1. The summed E-state index contributed by atoms with van der Waals surface area (Å²) in [6, 6.07) is 11.6. The first-order chi connectivity index (χ1) is 14.9. The number of hydrogen-bond acceptors (Lipinski definition) is 6. The Hall–Kier alpha value is -3.14. The molecule has 2 rings (SSSR count). The van der Waals surface area contributed by atoms with E-state index in [2.05, 4.69) is 11.8 Å². The summed E-state index contributed by atoms with van der Waals surface area (Å²) in [7, 11) is 0. The fourth-order valence-electron chi connectivity index (χ4n) is 2.15. The van der Waals surface area contributed by atoms with Gasteiger partial charge in [-0.2, -0.15) is 0 Å². The summed E-state index contributed by atoms with van der Waals surface area (Å²) in [5.74, 6) is 5.58. The molecular formula is C23H20Cl2O6. The van der Waals surface area contributed by atoms with Gasteiger partial charge in [0.25, 0.3) is 0 Å². The average Bonchev–Trinajstić information content (AvgIpc) is 2.74. The van der Waals surface area contributed by atoms with Crippen LogP contribution in [0.2, 0.25) is 10.0 Å². The Kier molecular flexibility index (Phi) is 9.76. The summed E-state index contributed by atoms with van der Waals surface area (Å²) in [6.45, 7) is 3.43. The van der Waals surface area contributed by atoms with Crippen LogP contribution >= 0.6 is 23.2 Å². The van der Waals surface area contributed by atoms with Crippen molar-refractivity contribution in [1.29, 1.82) is 0 Å². The summed E-state index contributed by atoms with van der Waals surface area (Å²) < 4.78 is 21.0. The quantitative estimate of drug-likeness (QED) is 0.304. The zero-order valence-electron chi connectivity index (χ0n) is 16.9. The highest BCUT2D eigenvalue weighted by Crippen LogP contribution is 2.32. The minimum Gasteiger partial charge on any atom is -0.479 e. The zero-order valence-corrected chi connectivity index (χ0v) is 18.4. The summed E-state index contributed by atoms with van der Waals surface area (Å²) in [5.41, 5.74) is 0. The van der Waals surface area contributed by atoms with Crippen molar-refractivity contribution in [3.05, 3.63) is 64.7 Å². The molecule has 0 aliphatic carbocycles. The van der Waals surface area contributed by atoms with Crippen LogP contribution in [-0.2, 0) is 19.1 Å². The van der Waals surface area contributed by atoms with E-state index in [0.717, 1.165) is 0 Å². The van der Waals surface area contributed by atoms with Crippen molar-refractivity contribution < 1.29 is 28.5 Å². The van der Waals surface area contributed by atoms with Gasteiger partial charge in [-0.15, -0.1) is 0 Å². The van der Waals surface area contributed by atoms with Gasteiger partial charge in [0.2, 0.25) is 0 Å². The van der Waals surface area contributed by atoms with Gasteiger partial charge in [0.1, 0.15) is 17.2 Å². The van der Waals surface area contributed by atoms with Gasteiger partial charge in [-0.25, -0.2) is 9.59 Å². The number of hydrogen-bond donors (Lipinski definition) is 0. The zero-order chi connectivity index (χ0) is 22.6. The fraction of sp³-hybridized carbons (Fsp3) is 0.217. The maximum Gasteiger partial charge on any atom is 0.347 e. The first-order valence-corrected chi connectivity index (χ1v) is 10.0. The van der Waals surface area contributed by atoms with Gasteiger partial charge in [0, 0.05) is 11.1 Å². The number of benzene rings is 2. The average molecular weight is 463 g/mol. The number of ether oxygens (including phenoxy) is 4. The Labute approximate surface area is 190 Å². The van der Waals surface area contributed by atoms with Crippen LogP contribution in [0.25, 0.3) is 0 Å². The molecule has 2 aromatic rings. The lowest BCUT2D eigenvalue weighted by Gasteiger charge is -2.13. The van der Waals surface area contributed by atoms with Crippen molar-refractivity contribution in [3.63, 3.8) is 0 Å². The minimum absolute atomic E-state index is 0.131. The summed E-state index contributed by atoms with van der Waals surface area (Å²) in [6.07, 6.45) is 1.68. The van der Waals surface area contributed by atoms with Gasteiger partial charge in [-0.3, -0.25) is 0 Å². The van der Waals surface area contributed by atoms with E-state index in [0.29, 0.717) is 33.9 Å². The van der Waals surface area contributed by atoms with E-state index in [9.17, 15) is 9.59 Å². The molecular weight excluding hydrogens is 443 g/mol. The molecule has 6 nitrogen and oxygen atoms in total. The number of allylic oxidation sites excluding steroid dienone is 1. The van der Waals surface area contributed by atoms with E-state index in [-0.39, 0.29) is 6.61 Å². The second-order valence-corrected chi connectivity index (χ2v) is 6.77. The molecule has 0 spiro atoms. The van der Waals surface area contributed by atoms with Crippen molar-refractivity contribution >= 4 is 35.1 Å². The largest absolute Gasteiger partial charge is 0.479 e. The van der Waals surface area contributed by atoms with Crippen LogP contribution < -0.4 is 9.47 Å². The highest BCUT2D eigenvalue weighted by molar-refractivity contribution is 6.35. The van der Waals surface area contributed by atoms with E-state index in [1.165, 1.54) is 12.2 Å². The molecule has 0 N–H and O–H groups in total. The molecule has 162 valence electrons. The normalized spacial score (nSPS) is 11.2. The maximum atomic E-state index is 12.0. The van der Waals surface area contributed by atoms with Crippen molar-refractivity contribution in [3.8, 4) is 29.1 Å². The number of halogens is 2. The maximum absolute atomic E-state index is 12.0. The van der Waals surface area contributed by atoms with Crippen LogP contribution in [0.1, 0.15) is 13.8 Å². The monoisotopic (exact) mass is 462 g/mol. The summed E-state index contributed by atoms with van der Waals surface area (Å²) in [4.78, 5) is 23.1. The molecule has 31 heavy (non-hydrogen) atoms. The smallest absolute Gasteiger partial charge is 0.347 e. The van der Waals surface area contributed by atoms with E-state index in [4.69, 9.17) is 42.1 Å². The molecule has 2 aromatic carbocycles. The third-order valence-corrected chi connectivity index (χ3v) is 4.10. The highest BCUT2D eigenvalue weighted by Gasteiger charge is 2.16. The Balaban J connectivity index is 1.80. The van der Waals surface area contributed by atoms with Crippen LogP contribution in [0.5, 0.6) is 17.2 Å². The summed E-state index contributed by atoms with van der Waals surface area (Å²) >= 11 is 12.0. The number of carbonyl (C=O) groups excluding carboxylic acids is 2. The lowest BCUT2D eigenvalue weighted by atomic mass is 10.3. The van der Waals surface area contributed by atoms with E-state index in [1.807, 2.05) is 0 Å². The van der Waals surface area contributed by atoms with Gasteiger partial charge in [0.15, 0.2) is 12.7 Å². The van der Waals surface area contributed by atoms with E-state index >= 15 is 0 Å². The third kappa shape index (κ3) is 8.63. The van der Waals surface area contributed by atoms with E-state index < -0.39 is 18.0 Å². The Bertz CT molecular complexity index is 989. The first-order valence-electron chi connectivity index (χ1n) is 9.27. The Morgan fingerprint density at radius 1 is 1.06 bits per heavy atom. The predicted octanol–water partition coefficient (Wildman–Crippen LogP) is 5.22. The Morgan fingerprint density at radius 2 is 1.77 bits per heavy atom. The van der Waals surface area contributed by atoms with Gasteiger partial charge in [-0.05, 0) is 62.4 Å². The topological polar surface area (TPSA) is 71.1 Å². The molecule has 0 saturated heterocycles. The van der Waals surface area contributed by atoms with Crippen LogP contribution in [0, 0.1) is 11.8 Å². The van der Waals surface area contributed by atoms with Gasteiger partial charge in [-0.1, -0.05) is 35.0 Å². The molecule has 1 unspecified atom stereocenters. The fourth-order valence-corrected chi connectivity index (χ4v) is 2.60. The SMILES string of the molecule is CCOC(=O)C=CC#CCOC(=O)C(C)Oc1ccc(Oc2ccc(Cl)cc2Cl)cc1. The third-order valence-electron chi connectivity index (χ3n) is 3.57. The molecule has 0 radical (unpaired) electrons. The van der Waals surface area contributed by atoms with Gasteiger partial charge in [0.05, 0.1) is 11.6 Å². The van der Waals surface area contributed by atoms with Crippen LogP contribution in [-0.4, -0.2) is 31.3 Å². The number of rotatable bonds is 8. The van der Waals surface area contributed by atoms with Gasteiger partial charge >= 0.3 is 11.9 Å². The van der Waals surface area contributed by atoms with Crippen molar-refractivity contribution in [2.45, 2.75) is 20.0 Å². The van der Waals surface area contributed by atoms with Crippen molar-refractivity contribution in [1.82, 2.24) is 0 Å². The molecule has 0 aliphatic rings. The number of esters is 2. The van der Waals surface area contributed by atoms with Crippen molar-refractivity contribution in [2.75, 3.05) is 13.2 Å². The molecule has 1 atom stereocenters. The summed E-state index contributed by atoms with van der Waals surface area (Å²) in [5, 5.41) is 0.907. The molecule has 0 aliphatic heterocycles. The van der Waals surface area contributed by atoms with Crippen LogP contribution in [0.4, 0.5) is 0 Å². The molecule has 0 heterocycles. The molecule has 0 amide bonds. The lowest BCUT2D eigenvalue weighted by Crippen LogP contribution is -2.26. The minimum atomic E-state index is -0.839. The molecule has 0 saturated carbocycles. The molecule has 0 aromatic heterocycles. The molecule has 0 fully saturated rings. The van der Waals surface area contributed by atoms with Crippen LogP contribution in [0.3, 0.4) is 0 Å². The van der Waals surface area contributed by atoms with Crippen LogP contribution in [0.15, 0.2) is 54.6 Å². The second-order valence-electron chi connectivity index (χ2n) is 5.92. The lowest BCUT2D eigenvalue weighted by molar-refractivity contribution is -0.149.